The summed E-state index contributed by atoms with van der Waals surface area (Å²) < 4.78 is 16.5. The predicted octanol–water partition coefficient (Wildman–Crippen LogP) is 4.58. The summed E-state index contributed by atoms with van der Waals surface area (Å²) in [7, 11) is 1.62. The third-order valence-electron chi connectivity index (χ3n) is 5.35. The van der Waals surface area contributed by atoms with Crippen molar-refractivity contribution in [3.63, 3.8) is 0 Å². The van der Waals surface area contributed by atoms with Gasteiger partial charge in [0, 0.05) is 36.3 Å². The van der Waals surface area contributed by atoms with Crippen LogP contribution in [0.15, 0.2) is 47.8 Å². The van der Waals surface area contributed by atoms with Crippen molar-refractivity contribution in [1.82, 2.24) is 10.3 Å². The summed E-state index contributed by atoms with van der Waals surface area (Å²) in [4.78, 5) is 28.4. The molecule has 9 heteroatoms. The van der Waals surface area contributed by atoms with E-state index in [1.165, 1.54) is 18.3 Å². The number of ether oxygens (including phenoxy) is 3. The molecular weight excluding hydrogens is 454 g/mol. The van der Waals surface area contributed by atoms with E-state index in [4.69, 9.17) is 14.2 Å². The van der Waals surface area contributed by atoms with Gasteiger partial charge in [0.05, 0.1) is 32.1 Å². The number of amides is 2. The van der Waals surface area contributed by atoms with Crippen LogP contribution in [0.5, 0.6) is 17.2 Å². The molecule has 8 nitrogen and oxygen atoms in total. The number of carbonyl (C=O) groups excluding carboxylic acids is 2. The van der Waals surface area contributed by atoms with Gasteiger partial charge in [0.2, 0.25) is 11.8 Å². The van der Waals surface area contributed by atoms with Crippen molar-refractivity contribution in [2.45, 2.75) is 32.2 Å². The van der Waals surface area contributed by atoms with Crippen LogP contribution in [0.2, 0.25) is 0 Å². The average molecular weight is 482 g/mol. The molecule has 0 saturated carbocycles. The highest BCUT2D eigenvalue weighted by Gasteiger charge is 2.23. The summed E-state index contributed by atoms with van der Waals surface area (Å²) in [5, 5.41) is 8.28. The van der Waals surface area contributed by atoms with E-state index in [1.807, 2.05) is 47.8 Å². The molecule has 1 atom stereocenters. The van der Waals surface area contributed by atoms with E-state index >= 15 is 0 Å². The summed E-state index contributed by atoms with van der Waals surface area (Å²) in [5.74, 6) is 2.10. The smallest absolute Gasteiger partial charge is 0.226 e. The zero-order valence-electron chi connectivity index (χ0n) is 19.1. The third kappa shape index (κ3) is 6.05. The van der Waals surface area contributed by atoms with Crippen LogP contribution in [-0.4, -0.2) is 37.1 Å². The average Bonchev–Trinajstić information content (AvgIpc) is 3.30. The topological polar surface area (TPSA) is 98.8 Å². The molecule has 1 aliphatic rings. The molecule has 4 rings (SSSR count). The lowest BCUT2D eigenvalue weighted by Crippen LogP contribution is -2.30. The molecule has 0 fully saturated rings. The first-order valence-electron chi connectivity index (χ1n) is 11.1. The highest BCUT2D eigenvalue weighted by atomic mass is 32.1. The summed E-state index contributed by atoms with van der Waals surface area (Å²) in [6, 6.07) is 13.1. The van der Waals surface area contributed by atoms with Gasteiger partial charge in [-0.15, -0.1) is 11.3 Å². The van der Waals surface area contributed by atoms with Gasteiger partial charge in [0.1, 0.15) is 17.2 Å². The van der Waals surface area contributed by atoms with Crippen LogP contribution in [0.25, 0.3) is 11.3 Å². The van der Waals surface area contributed by atoms with Crippen molar-refractivity contribution in [3.8, 4) is 28.5 Å². The molecule has 34 heavy (non-hydrogen) atoms. The van der Waals surface area contributed by atoms with Crippen molar-refractivity contribution in [2.75, 3.05) is 25.6 Å². The normalized spacial score (nSPS) is 14.5. The van der Waals surface area contributed by atoms with Crippen LogP contribution in [0, 0.1) is 0 Å². The molecule has 0 bridgehead atoms. The van der Waals surface area contributed by atoms with Crippen molar-refractivity contribution in [1.29, 1.82) is 0 Å². The van der Waals surface area contributed by atoms with Crippen LogP contribution in [-0.2, 0) is 9.59 Å². The standard InChI is InChI=1S/C25H27N3O5S/c1-16(29)26-21-11-13-33-23-10-5-17(14-20(21)23)22-15-34-25(27-22)28-24(30)4-3-12-32-19-8-6-18(31-2)7-9-19/h5-10,14-15,21H,3-4,11-13H2,1-2H3,(H,26,29)(H,27,28,30). The number of nitrogens with zero attached hydrogens (tertiary/aromatic N) is 1. The maximum atomic E-state index is 12.3. The Morgan fingerprint density at radius 1 is 1.18 bits per heavy atom. The number of aromatic nitrogens is 1. The zero-order chi connectivity index (χ0) is 23.9. The largest absolute Gasteiger partial charge is 0.497 e. The minimum absolute atomic E-state index is 0.0729. The first-order valence-corrected chi connectivity index (χ1v) is 12.0. The van der Waals surface area contributed by atoms with Gasteiger partial charge >= 0.3 is 0 Å². The Kier molecular flexibility index (Phi) is 7.64. The Labute approximate surface area is 202 Å². The fourth-order valence-electron chi connectivity index (χ4n) is 3.69. The molecule has 178 valence electrons. The quantitative estimate of drug-likeness (QED) is 0.434. The highest BCUT2D eigenvalue weighted by molar-refractivity contribution is 7.14. The molecular formula is C25H27N3O5S. The van der Waals surface area contributed by atoms with Gasteiger partial charge in [-0.3, -0.25) is 9.59 Å². The van der Waals surface area contributed by atoms with Gasteiger partial charge in [0.25, 0.3) is 0 Å². The van der Waals surface area contributed by atoms with Gasteiger partial charge in [-0.2, -0.15) is 0 Å². The molecule has 2 N–H and O–H groups in total. The maximum absolute atomic E-state index is 12.3. The fraction of sp³-hybridized carbons (Fsp3) is 0.320. The number of thiazole rings is 1. The lowest BCUT2D eigenvalue weighted by Gasteiger charge is -2.26. The van der Waals surface area contributed by atoms with Crippen molar-refractivity contribution in [3.05, 3.63) is 53.4 Å². The van der Waals surface area contributed by atoms with Gasteiger partial charge in [-0.25, -0.2) is 4.98 Å². The van der Waals surface area contributed by atoms with E-state index in [9.17, 15) is 9.59 Å². The second-order valence-electron chi connectivity index (χ2n) is 7.86. The minimum Gasteiger partial charge on any atom is -0.497 e. The summed E-state index contributed by atoms with van der Waals surface area (Å²) in [5.41, 5.74) is 2.61. The highest BCUT2D eigenvalue weighted by Crippen LogP contribution is 2.36. The van der Waals surface area contributed by atoms with Gasteiger partial charge in [-0.1, -0.05) is 0 Å². The second kappa shape index (κ2) is 11.0. The Bertz CT molecular complexity index is 1150. The minimum atomic E-state index is -0.108. The van der Waals surface area contributed by atoms with E-state index in [0.29, 0.717) is 31.2 Å². The fourth-order valence-corrected chi connectivity index (χ4v) is 4.43. The Morgan fingerprint density at radius 3 is 2.74 bits per heavy atom. The molecule has 0 spiro atoms. The number of nitrogens with one attached hydrogen (secondary N) is 2. The SMILES string of the molecule is COc1ccc(OCCCC(=O)Nc2nc(-c3ccc4c(c3)C(NC(C)=O)CCO4)cs2)cc1. The van der Waals surface area contributed by atoms with Crippen molar-refractivity contribution >= 4 is 28.3 Å². The Balaban J connectivity index is 1.30. The number of hydrogen-bond donors (Lipinski definition) is 2. The third-order valence-corrected chi connectivity index (χ3v) is 6.11. The van der Waals surface area contributed by atoms with E-state index < -0.39 is 0 Å². The number of methoxy groups -OCH3 is 1. The van der Waals surface area contributed by atoms with Crippen molar-refractivity contribution in [2.24, 2.45) is 0 Å². The van der Waals surface area contributed by atoms with E-state index in [-0.39, 0.29) is 17.9 Å². The van der Waals surface area contributed by atoms with E-state index in [2.05, 4.69) is 15.6 Å². The van der Waals surface area contributed by atoms with Crippen molar-refractivity contribution < 1.29 is 23.8 Å². The molecule has 2 aromatic carbocycles. The van der Waals surface area contributed by atoms with Gasteiger partial charge in [0.15, 0.2) is 5.13 Å². The number of fused-ring (bicyclic) bond motifs is 1. The molecule has 1 aliphatic heterocycles. The van der Waals surface area contributed by atoms with Crippen LogP contribution in [0.1, 0.15) is 37.8 Å². The van der Waals surface area contributed by atoms with Gasteiger partial charge in [-0.05, 0) is 48.9 Å². The molecule has 3 aromatic rings. The number of rotatable bonds is 9. The first-order chi connectivity index (χ1) is 16.5. The molecule has 0 radical (unpaired) electrons. The number of benzene rings is 2. The number of carbonyl (C=O) groups is 2. The predicted molar refractivity (Wildman–Crippen MR) is 131 cm³/mol. The maximum Gasteiger partial charge on any atom is 0.226 e. The second-order valence-corrected chi connectivity index (χ2v) is 8.71. The molecule has 2 heterocycles. The number of anilines is 1. The van der Waals surface area contributed by atoms with E-state index in [1.54, 1.807) is 7.11 Å². The Hall–Kier alpha value is -3.59. The zero-order valence-corrected chi connectivity index (χ0v) is 19.9. The number of hydrogen-bond acceptors (Lipinski definition) is 7. The first kappa shape index (κ1) is 23.6. The van der Waals surface area contributed by atoms with Crippen LogP contribution < -0.4 is 24.8 Å². The Morgan fingerprint density at radius 2 is 1.97 bits per heavy atom. The van der Waals surface area contributed by atoms with Crippen LogP contribution >= 0.6 is 11.3 Å². The molecule has 1 unspecified atom stereocenters. The molecule has 0 aliphatic carbocycles. The van der Waals surface area contributed by atoms with Crippen LogP contribution in [0.3, 0.4) is 0 Å². The molecule has 0 saturated heterocycles. The monoisotopic (exact) mass is 481 g/mol. The van der Waals surface area contributed by atoms with E-state index in [0.717, 1.165) is 40.5 Å². The lowest BCUT2D eigenvalue weighted by atomic mass is 9.97. The molecule has 1 aromatic heterocycles. The summed E-state index contributed by atoms with van der Waals surface area (Å²) in [6.07, 6.45) is 1.64. The summed E-state index contributed by atoms with van der Waals surface area (Å²) in [6.45, 7) is 2.52. The van der Waals surface area contributed by atoms with Crippen LogP contribution in [0.4, 0.5) is 5.13 Å². The lowest BCUT2D eigenvalue weighted by molar-refractivity contribution is -0.120. The summed E-state index contributed by atoms with van der Waals surface area (Å²) >= 11 is 1.37. The molecule has 2 amide bonds. The van der Waals surface area contributed by atoms with Gasteiger partial charge < -0.3 is 24.8 Å².